The molecule has 0 atom stereocenters. The Hall–Kier alpha value is -3.20. The Labute approximate surface area is 157 Å². The summed E-state index contributed by atoms with van der Waals surface area (Å²) in [4.78, 5) is 0.155. The quantitative estimate of drug-likeness (QED) is 0.644. The van der Waals surface area contributed by atoms with Crippen LogP contribution in [0.1, 0.15) is 0 Å². The molecule has 0 fully saturated rings. The number of sulfonamides is 1. The van der Waals surface area contributed by atoms with Crippen LogP contribution in [0.4, 0.5) is 5.82 Å². The van der Waals surface area contributed by atoms with E-state index in [2.05, 4.69) is 14.9 Å². The predicted octanol–water partition coefficient (Wildman–Crippen LogP) is 2.90. The zero-order chi connectivity index (χ0) is 19.4. The molecule has 8 nitrogen and oxygen atoms in total. The van der Waals surface area contributed by atoms with E-state index in [0.29, 0.717) is 28.5 Å². The van der Waals surface area contributed by atoms with Gasteiger partial charge in [-0.05, 0) is 24.3 Å². The molecule has 9 heteroatoms. The van der Waals surface area contributed by atoms with Crippen molar-refractivity contribution in [1.29, 1.82) is 0 Å². The number of rotatable bonds is 7. The Balaban J connectivity index is 1.92. The molecule has 2 N–H and O–H groups in total. The lowest BCUT2D eigenvalue weighted by Gasteiger charge is -2.13. The van der Waals surface area contributed by atoms with Gasteiger partial charge in [-0.3, -0.25) is 9.82 Å². The normalized spacial score (nSPS) is 11.1. The highest BCUT2D eigenvalue weighted by Gasteiger charge is 2.18. The SMILES string of the molecule is COc1cc(-c2cc(NS(=O)(=O)c3ccccc3)n[nH]2)cc(OC)c1OC. The van der Waals surface area contributed by atoms with Crippen LogP contribution in [-0.4, -0.2) is 39.9 Å². The number of nitrogens with one attached hydrogen (secondary N) is 2. The average Bonchev–Trinajstić information content (AvgIpc) is 3.15. The summed E-state index contributed by atoms with van der Waals surface area (Å²) in [6.07, 6.45) is 0. The summed E-state index contributed by atoms with van der Waals surface area (Å²) in [6, 6.07) is 13.1. The van der Waals surface area contributed by atoms with Crippen molar-refractivity contribution in [1.82, 2.24) is 10.2 Å². The van der Waals surface area contributed by atoms with Gasteiger partial charge in [0.2, 0.25) is 5.75 Å². The van der Waals surface area contributed by atoms with Gasteiger partial charge in [0.1, 0.15) is 0 Å². The van der Waals surface area contributed by atoms with Crippen molar-refractivity contribution in [3.8, 4) is 28.5 Å². The molecule has 0 spiro atoms. The van der Waals surface area contributed by atoms with Gasteiger partial charge in [0.25, 0.3) is 10.0 Å². The van der Waals surface area contributed by atoms with Crippen LogP contribution in [0.2, 0.25) is 0 Å². The maximum absolute atomic E-state index is 12.4. The Morgan fingerprint density at radius 2 is 1.56 bits per heavy atom. The molecule has 0 bridgehead atoms. The van der Waals surface area contributed by atoms with Crippen LogP contribution in [-0.2, 0) is 10.0 Å². The second kappa shape index (κ2) is 7.58. The number of hydrogen-bond acceptors (Lipinski definition) is 6. The summed E-state index contributed by atoms with van der Waals surface area (Å²) < 4.78 is 43.2. The average molecular weight is 389 g/mol. The molecule has 1 aromatic heterocycles. The van der Waals surface area contributed by atoms with Crippen molar-refractivity contribution in [3.63, 3.8) is 0 Å². The first-order valence-electron chi connectivity index (χ1n) is 7.92. The fraction of sp³-hybridized carbons (Fsp3) is 0.167. The zero-order valence-electron chi connectivity index (χ0n) is 15.0. The van der Waals surface area contributed by atoms with Crippen LogP contribution in [0.5, 0.6) is 17.2 Å². The number of anilines is 1. The Morgan fingerprint density at radius 3 is 2.11 bits per heavy atom. The number of aromatic amines is 1. The Kier molecular flexibility index (Phi) is 5.22. The molecule has 0 radical (unpaired) electrons. The smallest absolute Gasteiger partial charge is 0.263 e. The van der Waals surface area contributed by atoms with E-state index in [1.54, 1.807) is 36.4 Å². The van der Waals surface area contributed by atoms with Crippen molar-refractivity contribution in [2.75, 3.05) is 26.1 Å². The Morgan fingerprint density at radius 1 is 0.926 bits per heavy atom. The first kappa shape index (κ1) is 18.6. The van der Waals surface area contributed by atoms with Gasteiger partial charge in [0.15, 0.2) is 17.3 Å². The zero-order valence-corrected chi connectivity index (χ0v) is 15.8. The third-order valence-corrected chi connectivity index (χ3v) is 5.22. The van der Waals surface area contributed by atoms with Crippen LogP contribution >= 0.6 is 0 Å². The highest BCUT2D eigenvalue weighted by molar-refractivity contribution is 7.92. The van der Waals surface area contributed by atoms with Crippen molar-refractivity contribution < 1.29 is 22.6 Å². The third-order valence-electron chi connectivity index (χ3n) is 3.85. The molecule has 3 aromatic rings. The van der Waals surface area contributed by atoms with Crippen LogP contribution < -0.4 is 18.9 Å². The van der Waals surface area contributed by atoms with E-state index in [-0.39, 0.29) is 10.7 Å². The van der Waals surface area contributed by atoms with Crippen molar-refractivity contribution in [3.05, 3.63) is 48.5 Å². The number of ether oxygens (including phenoxy) is 3. The lowest BCUT2D eigenvalue weighted by Crippen LogP contribution is -2.12. The van der Waals surface area contributed by atoms with Gasteiger partial charge in [-0.2, -0.15) is 5.10 Å². The molecule has 2 aromatic carbocycles. The fourth-order valence-corrected chi connectivity index (χ4v) is 3.57. The first-order valence-corrected chi connectivity index (χ1v) is 9.40. The van der Waals surface area contributed by atoms with Crippen molar-refractivity contribution in [2.45, 2.75) is 4.90 Å². The number of nitrogens with zero attached hydrogens (tertiary/aromatic N) is 1. The van der Waals surface area contributed by atoms with Gasteiger partial charge in [-0.15, -0.1) is 0 Å². The Bertz CT molecular complexity index is 1010. The van der Waals surface area contributed by atoms with E-state index < -0.39 is 10.0 Å². The van der Waals surface area contributed by atoms with E-state index in [4.69, 9.17) is 14.2 Å². The fourth-order valence-electron chi connectivity index (χ4n) is 2.55. The highest BCUT2D eigenvalue weighted by atomic mass is 32.2. The molecule has 0 aliphatic carbocycles. The molecule has 0 amide bonds. The monoisotopic (exact) mass is 389 g/mol. The van der Waals surface area contributed by atoms with E-state index in [9.17, 15) is 8.42 Å². The number of hydrogen-bond donors (Lipinski definition) is 2. The predicted molar refractivity (Wildman–Crippen MR) is 101 cm³/mol. The van der Waals surface area contributed by atoms with Gasteiger partial charge in [-0.1, -0.05) is 18.2 Å². The molecule has 27 heavy (non-hydrogen) atoms. The summed E-state index contributed by atoms with van der Waals surface area (Å²) in [6.45, 7) is 0. The van der Waals surface area contributed by atoms with Gasteiger partial charge < -0.3 is 14.2 Å². The second-order valence-electron chi connectivity index (χ2n) is 5.50. The topological polar surface area (TPSA) is 103 Å². The summed E-state index contributed by atoms with van der Waals surface area (Å²) in [7, 11) is 0.843. The van der Waals surface area contributed by atoms with Crippen molar-refractivity contribution >= 4 is 15.8 Å². The van der Waals surface area contributed by atoms with Crippen molar-refractivity contribution in [2.24, 2.45) is 0 Å². The largest absolute Gasteiger partial charge is 0.493 e. The van der Waals surface area contributed by atoms with E-state index in [1.165, 1.54) is 33.5 Å². The standard InChI is InChI=1S/C18H19N3O5S/c1-24-15-9-12(10-16(25-2)18(15)26-3)14-11-17(20-19-14)21-27(22,23)13-7-5-4-6-8-13/h4-11H,1-3H3,(H2,19,20,21). The van der Waals surface area contributed by atoms with Crippen LogP contribution in [0.3, 0.4) is 0 Å². The molecule has 0 saturated carbocycles. The minimum atomic E-state index is -3.72. The highest BCUT2D eigenvalue weighted by Crippen LogP contribution is 2.41. The second-order valence-corrected chi connectivity index (χ2v) is 7.18. The minimum absolute atomic E-state index is 0.155. The summed E-state index contributed by atoms with van der Waals surface area (Å²) >= 11 is 0. The van der Waals surface area contributed by atoms with Gasteiger partial charge in [0, 0.05) is 11.6 Å². The number of aromatic nitrogens is 2. The van der Waals surface area contributed by atoms with Crippen LogP contribution in [0, 0.1) is 0 Å². The van der Waals surface area contributed by atoms with Crippen LogP contribution in [0.25, 0.3) is 11.3 Å². The summed E-state index contributed by atoms with van der Waals surface area (Å²) in [5, 5.41) is 6.84. The molecular formula is C18H19N3O5S. The maximum atomic E-state index is 12.4. The summed E-state index contributed by atoms with van der Waals surface area (Å²) in [5.41, 5.74) is 1.28. The molecule has 0 saturated heterocycles. The van der Waals surface area contributed by atoms with Gasteiger partial charge in [0.05, 0.1) is 31.9 Å². The molecular weight excluding hydrogens is 370 g/mol. The molecule has 1 heterocycles. The van der Waals surface area contributed by atoms with E-state index >= 15 is 0 Å². The molecule has 0 aliphatic heterocycles. The third kappa shape index (κ3) is 3.82. The molecule has 0 aliphatic rings. The van der Waals surface area contributed by atoms with E-state index in [1.807, 2.05) is 0 Å². The number of methoxy groups -OCH3 is 3. The summed E-state index contributed by atoms with van der Waals surface area (Å²) in [5.74, 6) is 1.59. The molecule has 3 rings (SSSR count). The number of benzene rings is 2. The van der Waals surface area contributed by atoms with E-state index in [0.717, 1.165) is 0 Å². The lowest BCUT2D eigenvalue weighted by molar-refractivity contribution is 0.324. The molecule has 0 unspecified atom stereocenters. The van der Waals surface area contributed by atoms with Gasteiger partial charge in [-0.25, -0.2) is 8.42 Å². The number of H-pyrrole nitrogens is 1. The molecule has 142 valence electrons. The van der Waals surface area contributed by atoms with Gasteiger partial charge >= 0.3 is 0 Å². The minimum Gasteiger partial charge on any atom is -0.493 e. The van der Waals surface area contributed by atoms with Crippen LogP contribution in [0.15, 0.2) is 53.4 Å². The maximum Gasteiger partial charge on any atom is 0.263 e. The lowest BCUT2D eigenvalue weighted by atomic mass is 10.1. The first-order chi connectivity index (χ1) is 13.0.